The molecule has 2 aliphatic rings. The van der Waals surface area contributed by atoms with Crippen LogP contribution in [0, 0.1) is 0 Å². The average Bonchev–Trinajstić information content (AvgIpc) is 2.85. The number of phenols is 1. The fraction of sp³-hybridized carbons (Fsp3) is 0.480. The molecule has 0 aromatic heterocycles. The molecule has 14 heteroatoms. The molecule has 2 aliphatic heterocycles. The van der Waals surface area contributed by atoms with Crippen LogP contribution in [-0.4, -0.2) is 74.4 Å². The van der Waals surface area contributed by atoms with Crippen molar-refractivity contribution >= 4 is 37.0 Å². The van der Waals surface area contributed by atoms with E-state index in [0.717, 1.165) is 25.3 Å². The third-order valence-corrected chi connectivity index (χ3v) is 6.84. The molecule has 12 nitrogen and oxygen atoms in total. The number of carbonyl (C=O) groups is 2. The van der Waals surface area contributed by atoms with Crippen molar-refractivity contribution in [1.29, 1.82) is 0 Å². The van der Waals surface area contributed by atoms with Crippen molar-refractivity contribution < 1.29 is 48.3 Å². The number of allylic oxidation sites excluding steroid dienone is 1. The van der Waals surface area contributed by atoms with Crippen molar-refractivity contribution in [3.8, 4) is 11.5 Å². The lowest BCUT2D eigenvalue weighted by atomic mass is 9.99. The van der Waals surface area contributed by atoms with Crippen LogP contribution in [0.15, 0.2) is 35.5 Å². The maximum absolute atomic E-state index is 13.2. The lowest BCUT2D eigenvalue weighted by Gasteiger charge is -2.26. The van der Waals surface area contributed by atoms with Gasteiger partial charge in [-0.25, -0.2) is 9.36 Å². The SMILES string of the molecule is C[C@@H]1C/C=C/[C@H](O)C/C=C/C(=N/OCC(=O)N2CCCCC2)Cc2c(Cl)c(O)cc(OP(=O)(O)O)c2C(=O)O1. The first-order valence-corrected chi connectivity index (χ1v) is 14.3. The minimum Gasteiger partial charge on any atom is -0.506 e. The first-order chi connectivity index (χ1) is 18.4. The van der Waals surface area contributed by atoms with E-state index in [1.54, 1.807) is 24.0 Å². The lowest BCUT2D eigenvalue weighted by Crippen LogP contribution is -2.37. The number of cyclic esters (lactones) is 1. The summed E-state index contributed by atoms with van der Waals surface area (Å²) < 4.78 is 21.8. The van der Waals surface area contributed by atoms with Crippen LogP contribution >= 0.6 is 19.4 Å². The summed E-state index contributed by atoms with van der Waals surface area (Å²) in [4.78, 5) is 51.5. The number of amides is 1. The van der Waals surface area contributed by atoms with Gasteiger partial charge in [0.15, 0.2) is 6.61 Å². The second-order valence-corrected chi connectivity index (χ2v) is 10.7. The number of esters is 1. The molecule has 2 atom stereocenters. The van der Waals surface area contributed by atoms with Crippen LogP contribution in [0.4, 0.5) is 0 Å². The minimum absolute atomic E-state index is 0.0974. The number of hydrogen-bond donors (Lipinski definition) is 4. The van der Waals surface area contributed by atoms with Gasteiger partial charge in [-0.1, -0.05) is 35.0 Å². The number of oxime groups is 1. The molecule has 0 spiro atoms. The highest BCUT2D eigenvalue weighted by molar-refractivity contribution is 7.46. The van der Waals surface area contributed by atoms with Crippen LogP contribution in [0.25, 0.3) is 0 Å². The molecule has 0 radical (unpaired) electrons. The Labute approximate surface area is 230 Å². The largest absolute Gasteiger partial charge is 0.524 e. The zero-order valence-corrected chi connectivity index (χ0v) is 23.0. The van der Waals surface area contributed by atoms with E-state index in [9.17, 15) is 34.2 Å². The fourth-order valence-electron chi connectivity index (χ4n) is 4.11. The van der Waals surface area contributed by atoms with Crippen molar-refractivity contribution in [3.63, 3.8) is 0 Å². The molecular formula is C25H32ClN2O10P. The molecule has 4 N–H and O–H groups in total. The molecule has 2 heterocycles. The molecule has 1 fully saturated rings. The number of fused-ring (bicyclic) bond motifs is 1. The summed E-state index contributed by atoms with van der Waals surface area (Å²) in [7, 11) is -5.16. The van der Waals surface area contributed by atoms with Crippen LogP contribution in [-0.2, 0) is 25.4 Å². The van der Waals surface area contributed by atoms with Gasteiger partial charge in [0, 0.05) is 32.0 Å². The topological polar surface area (TPSA) is 175 Å². The van der Waals surface area contributed by atoms with Crippen LogP contribution in [0.3, 0.4) is 0 Å². The zero-order chi connectivity index (χ0) is 28.6. The van der Waals surface area contributed by atoms with E-state index in [1.165, 1.54) is 12.2 Å². The van der Waals surface area contributed by atoms with E-state index in [1.807, 2.05) is 0 Å². The van der Waals surface area contributed by atoms with Crippen LogP contribution in [0.2, 0.25) is 5.02 Å². The Bertz CT molecular complexity index is 1190. The number of rotatable bonds is 5. The van der Waals surface area contributed by atoms with E-state index >= 15 is 0 Å². The van der Waals surface area contributed by atoms with Gasteiger partial charge in [0.05, 0.1) is 16.8 Å². The summed E-state index contributed by atoms with van der Waals surface area (Å²) in [6, 6.07) is 0.812. The predicted molar refractivity (Wildman–Crippen MR) is 142 cm³/mol. The van der Waals surface area contributed by atoms with Crippen molar-refractivity contribution in [3.05, 3.63) is 46.5 Å². The molecule has 0 saturated carbocycles. The van der Waals surface area contributed by atoms with Gasteiger partial charge in [-0.2, -0.15) is 0 Å². The molecule has 0 bridgehead atoms. The van der Waals surface area contributed by atoms with E-state index in [2.05, 4.69) is 5.16 Å². The Balaban J connectivity index is 2.02. The molecule has 1 saturated heterocycles. The number of aliphatic hydroxyl groups excluding tert-OH is 1. The normalized spacial score (nSPS) is 23.8. The van der Waals surface area contributed by atoms with Crippen LogP contribution in [0.5, 0.6) is 11.5 Å². The number of benzene rings is 1. The summed E-state index contributed by atoms with van der Waals surface area (Å²) in [5, 5.41) is 24.3. The number of ether oxygens (including phenoxy) is 1. The van der Waals surface area contributed by atoms with Gasteiger partial charge in [0.25, 0.3) is 5.91 Å². The first kappa shape index (κ1) is 30.6. The van der Waals surface area contributed by atoms with E-state index in [-0.39, 0.29) is 48.1 Å². The highest BCUT2D eigenvalue weighted by Gasteiger charge is 2.30. The summed E-state index contributed by atoms with van der Waals surface area (Å²) >= 11 is 6.34. The smallest absolute Gasteiger partial charge is 0.506 e. The summed E-state index contributed by atoms with van der Waals surface area (Å²) in [5.74, 6) is -2.50. The minimum atomic E-state index is -5.16. The summed E-state index contributed by atoms with van der Waals surface area (Å²) in [6.45, 7) is 2.52. The predicted octanol–water partition coefficient (Wildman–Crippen LogP) is 3.26. The third kappa shape index (κ3) is 9.36. The van der Waals surface area contributed by atoms with E-state index in [0.29, 0.717) is 13.1 Å². The first-order valence-electron chi connectivity index (χ1n) is 12.4. The van der Waals surface area contributed by atoms with E-state index in [4.69, 9.17) is 25.7 Å². The number of carbonyl (C=O) groups excluding carboxylic acids is 2. The zero-order valence-electron chi connectivity index (χ0n) is 21.4. The molecule has 0 aliphatic carbocycles. The monoisotopic (exact) mass is 586 g/mol. The summed E-state index contributed by atoms with van der Waals surface area (Å²) in [5.41, 5.74) is -0.384. The van der Waals surface area contributed by atoms with Crippen molar-refractivity contribution in [1.82, 2.24) is 4.90 Å². The van der Waals surface area contributed by atoms with Gasteiger partial charge >= 0.3 is 13.8 Å². The van der Waals surface area contributed by atoms with Gasteiger partial charge in [-0.3, -0.25) is 14.6 Å². The third-order valence-electron chi connectivity index (χ3n) is 5.99. The Hall–Kier alpha value is -2.89. The van der Waals surface area contributed by atoms with Gasteiger partial charge in [-0.15, -0.1) is 0 Å². The van der Waals surface area contributed by atoms with Gasteiger partial charge in [0.2, 0.25) is 0 Å². The number of phosphoric ester groups is 1. The number of phosphoric acid groups is 1. The Morgan fingerprint density at radius 1 is 1.23 bits per heavy atom. The van der Waals surface area contributed by atoms with Crippen LogP contribution in [0.1, 0.15) is 54.9 Å². The lowest BCUT2D eigenvalue weighted by molar-refractivity contribution is -0.137. The maximum atomic E-state index is 13.2. The molecule has 1 aromatic carbocycles. The summed E-state index contributed by atoms with van der Waals surface area (Å²) in [6.07, 6.45) is 7.75. The van der Waals surface area contributed by atoms with Crippen molar-refractivity contribution in [2.24, 2.45) is 5.16 Å². The van der Waals surface area contributed by atoms with E-state index < -0.39 is 43.1 Å². The molecule has 0 unspecified atom stereocenters. The van der Waals surface area contributed by atoms with Gasteiger partial charge < -0.3 is 29.2 Å². The molecule has 39 heavy (non-hydrogen) atoms. The second kappa shape index (κ2) is 14.0. The van der Waals surface area contributed by atoms with Crippen LogP contribution < -0.4 is 4.52 Å². The molecule has 1 aromatic rings. The molecule has 1 amide bonds. The number of aliphatic hydroxyl groups is 1. The number of likely N-dealkylation sites (tertiary alicyclic amines) is 1. The number of phenolic OH excluding ortho intramolecular Hbond substituents is 1. The number of nitrogens with zero attached hydrogens (tertiary/aromatic N) is 2. The highest BCUT2D eigenvalue weighted by Crippen LogP contribution is 2.45. The number of halogens is 1. The second-order valence-electron chi connectivity index (χ2n) is 9.20. The van der Waals surface area contributed by atoms with Crippen molar-refractivity contribution in [2.45, 2.75) is 57.7 Å². The Morgan fingerprint density at radius 2 is 1.95 bits per heavy atom. The molecule has 214 valence electrons. The van der Waals surface area contributed by atoms with Gasteiger partial charge in [0.1, 0.15) is 23.2 Å². The number of piperidine rings is 1. The highest BCUT2D eigenvalue weighted by atomic mass is 35.5. The average molecular weight is 587 g/mol. The van der Waals surface area contributed by atoms with Crippen molar-refractivity contribution in [2.75, 3.05) is 19.7 Å². The number of hydrogen-bond acceptors (Lipinski definition) is 9. The number of aromatic hydroxyl groups is 1. The maximum Gasteiger partial charge on any atom is 0.524 e. The Kier molecular flexibility index (Phi) is 11.0. The quantitative estimate of drug-likeness (QED) is 0.173. The standard InChI is InChI=1S/C25H32ClN2O10P/c1-16-7-5-9-18(29)10-6-8-17(27-36-15-22(31)28-11-3-2-4-12-28)13-19-23(25(32)37-16)21(38-39(33,34)35)14-20(30)24(19)26/h5-6,8-9,14,16,18,29-30H,2-4,7,10-13,15H2,1H3,(H2,33,34,35)/b8-6+,9-5+,27-17-/t16-,18+/m1/s1. The van der Waals surface area contributed by atoms with Gasteiger partial charge in [-0.05, 0) is 44.2 Å². The Morgan fingerprint density at radius 3 is 2.64 bits per heavy atom. The fourth-order valence-corrected chi connectivity index (χ4v) is 4.73. The molecular weight excluding hydrogens is 555 g/mol. The molecule has 3 rings (SSSR count).